The van der Waals surface area contributed by atoms with Gasteiger partial charge in [-0.15, -0.1) is 0 Å². The minimum Gasteiger partial charge on any atom is -0.487 e. The lowest BCUT2D eigenvalue weighted by atomic mass is 9.83. The summed E-state index contributed by atoms with van der Waals surface area (Å²) in [6.07, 6.45) is 2.62. The summed E-state index contributed by atoms with van der Waals surface area (Å²) < 4.78 is 7.10. The standard InChI is InChI=1S/C20H22BrNO2/c1-3-20(4-2)13-17(15-10-6-8-12-18(15)24-20)22-19(23)14-9-5-7-11-16(14)21/h5-12,17H,3-4,13H2,1-2H3,(H,22,23)/t17-/m0/s1. The summed E-state index contributed by atoms with van der Waals surface area (Å²) in [7, 11) is 0. The van der Waals surface area contributed by atoms with E-state index in [-0.39, 0.29) is 17.6 Å². The summed E-state index contributed by atoms with van der Waals surface area (Å²) in [4.78, 5) is 12.7. The highest BCUT2D eigenvalue weighted by Crippen LogP contribution is 2.42. The van der Waals surface area contributed by atoms with Gasteiger partial charge in [0, 0.05) is 16.5 Å². The molecule has 1 aliphatic rings. The number of para-hydroxylation sites is 1. The van der Waals surface area contributed by atoms with Crippen molar-refractivity contribution >= 4 is 21.8 Å². The van der Waals surface area contributed by atoms with Crippen LogP contribution < -0.4 is 10.1 Å². The van der Waals surface area contributed by atoms with Gasteiger partial charge in [-0.2, -0.15) is 0 Å². The number of carbonyl (C=O) groups is 1. The Kier molecular flexibility index (Phi) is 4.95. The molecular formula is C20H22BrNO2. The van der Waals surface area contributed by atoms with Crippen LogP contribution in [-0.4, -0.2) is 11.5 Å². The van der Waals surface area contributed by atoms with Gasteiger partial charge in [0.2, 0.25) is 0 Å². The van der Waals surface area contributed by atoms with E-state index in [2.05, 4.69) is 35.1 Å². The summed E-state index contributed by atoms with van der Waals surface area (Å²) in [5.74, 6) is 0.815. The van der Waals surface area contributed by atoms with Crippen LogP contribution in [0.15, 0.2) is 53.0 Å². The van der Waals surface area contributed by atoms with Crippen LogP contribution in [0.4, 0.5) is 0 Å². The van der Waals surface area contributed by atoms with E-state index >= 15 is 0 Å². The Balaban J connectivity index is 1.91. The Morgan fingerprint density at radius 2 is 1.83 bits per heavy atom. The number of benzene rings is 2. The number of carbonyl (C=O) groups excluding carboxylic acids is 1. The fourth-order valence-electron chi connectivity index (χ4n) is 3.31. The zero-order valence-electron chi connectivity index (χ0n) is 14.0. The van der Waals surface area contributed by atoms with Crippen molar-refractivity contribution < 1.29 is 9.53 Å². The molecule has 1 atom stereocenters. The highest BCUT2D eigenvalue weighted by Gasteiger charge is 2.39. The Hall–Kier alpha value is -1.81. The highest BCUT2D eigenvalue weighted by molar-refractivity contribution is 9.10. The van der Waals surface area contributed by atoms with Gasteiger partial charge in [-0.1, -0.05) is 44.2 Å². The predicted octanol–water partition coefficient (Wildman–Crippen LogP) is 5.26. The molecular weight excluding hydrogens is 366 g/mol. The number of amides is 1. The number of hydrogen-bond donors (Lipinski definition) is 1. The summed E-state index contributed by atoms with van der Waals surface area (Å²) >= 11 is 3.46. The first-order valence-corrected chi connectivity index (χ1v) is 9.21. The number of ether oxygens (including phenoxy) is 1. The van der Waals surface area contributed by atoms with Crippen molar-refractivity contribution in [3.05, 3.63) is 64.1 Å². The van der Waals surface area contributed by atoms with Crippen LogP contribution >= 0.6 is 15.9 Å². The molecule has 2 aromatic rings. The van der Waals surface area contributed by atoms with Crippen molar-refractivity contribution in [3.8, 4) is 5.75 Å². The van der Waals surface area contributed by atoms with Crippen molar-refractivity contribution in [2.75, 3.05) is 0 Å². The first kappa shape index (κ1) is 17.0. The van der Waals surface area contributed by atoms with E-state index in [1.54, 1.807) is 0 Å². The minimum atomic E-state index is -0.222. The van der Waals surface area contributed by atoms with Crippen LogP contribution in [0.1, 0.15) is 55.1 Å². The van der Waals surface area contributed by atoms with Gasteiger partial charge >= 0.3 is 0 Å². The van der Waals surface area contributed by atoms with Gasteiger partial charge in [-0.05, 0) is 47.0 Å². The summed E-state index contributed by atoms with van der Waals surface area (Å²) in [5, 5.41) is 3.21. The monoisotopic (exact) mass is 387 g/mol. The van der Waals surface area contributed by atoms with Crippen molar-refractivity contribution in [2.45, 2.75) is 44.8 Å². The minimum absolute atomic E-state index is 0.0468. The molecule has 3 nitrogen and oxygen atoms in total. The molecule has 1 N–H and O–H groups in total. The quantitative estimate of drug-likeness (QED) is 0.776. The second-order valence-corrected chi connectivity index (χ2v) is 7.09. The van der Waals surface area contributed by atoms with Crippen LogP contribution in [0.5, 0.6) is 5.75 Å². The lowest BCUT2D eigenvalue weighted by Crippen LogP contribution is -2.44. The molecule has 4 heteroatoms. The molecule has 0 bridgehead atoms. The lowest BCUT2D eigenvalue weighted by molar-refractivity contribution is 0.0227. The second-order valence-electron chi connectivity index (χ2n) is 6.24. The zero-order chi connectivity index (χ0) is 17.2. The van der Waals surface area contributed by atoms with Gasteiger partial charge in [0.25, 0.3) is 5.91 Å². The third kappa shape index (κ3) is 3.20. The van der Waals surface area contributed by atoms with E-state index in [1.807, 2.05) is 48.5 Å². The first-order chi connectivity index (χ1) is 11.6. The van der Waals surface area contributed by atoms with Gasteiger partial charge in [0.15, 0.2) is 0 Å². The first-order valence-electron chi connectivity index (χ1n) is 8.42. The van der Waals surface area contributed by atoms with Crippen LogP contribution in [0.2, 0.25) is 0 Å². The van der Waals surface area contributed by atoms with Crippen LogP contribution in [-0.2, 0) is 0 Å². The molecule has 126 valence electrons. The van der Waals surface area contributed by atoms with Crippen molar-refractivity contribution in [2.24, 2.45) is 0 Å². The van der Waals surface area contributed by atoms with Crippen LogP contribution in [0.3, 0.4) is 0 Å². The van der Waals surface area contributed by atoms with E-state index in [0.717, 1.165) is 35.0 Å². The van der Waals surface area contributed by atoms with E-state index in [0.29, 0.717) is 5.56 Å². The summed E-state index contributed by atoms with van der Waals surface area (Å²) in [6, 6.07) is 15.4. The normalized spacial score (nSPS) is 18.4. The van der Waals surface area contributed by atoms with Gasteiger partial charge in [-0.25, -0.2) is 0 Å². The van der Waals surface area contributed by atoms with E-state index in [9.17, 15) is 4.79 Å². The third-order valence-corrected chi connectivity index (χ3v) is 5.60. The Bertz CT molecular complexity index is 740. The SMILES string of the molecule is CCC1(CC)C[C@H](NC(=O)c2ccccc2Br)c2ccccc2O1. The topological polar surface area (TPSA) is 38.3 Å². The van der Waals surface area contributed by atoms with E-state index < -0.39 is 0 Å². The molecule has 24 heavy (non-hydrogen) atoms. The molecule has 0 fully saturated rings. The number of nitrogens with one attached hydrogen (secondary N) is 1. The average Bonchev–Trinajstić information content (AvgIpc) is 2.61. The average molecular weight is 388 g/mol. The second kappa shape index (κ2) is 6.98. The molecule has 0 unspecified atom stereocenters. The van der Waals surface area contributed by atoms with E-state index in [1.165, 1.54) is 0 Å². The van der Waals surface area contributed by atoms with Gasteiger partial charge in [0.1, 0.15) is 11.4 Å². The molecule has 1 amide bonds. The Morgan fingerprint density at radius 3 is 2.54 bits per heavy atom. The molecule has 0 saturated carbocycles. The van der Waals surface area contributed by atoms with Crippen LogP contribution in [0.25, 0.3) is 0 Å². The smallest absolute Gasteiger partial charge is 0.252 e. The molecule has 0 aromatic heterocycles. The van der Waals surface area contributed by atoms with Crippen LogP contribution in [0, 0.1) is 0 Å². The van der Waals surface area contributed by atoms with Crippen molar-refractivity contribution in [1.82, 2.24) is 5.32 Å². The number of hydrogen-bond acceptors (Lipinski definition) is 2. The molecule has 0 aliphatic carbocycles. The maximum absolute atomic E-state index is 12.7. The van der Waals surface area contributed by atoms with Gasteiger partial charge in [-0.3, -0.25) is 4.79 Å². The van der Waals surface area contributed by atoms with Crippen molar-refractivity contribution in [1.29, 1.82) is 0 Å². The zero-order valence-corrected chi connectivity index (χ0v) is 15.6. The molecule has 0 spiro atoms. The number of halogens is 1. The molecule has 0 radical (unpaired) electrons. The number of fused-ring (bicyclic) bond motifs is 1. The fourth-order valence-corrected chi connectivity index (χ4v) is 3.78. The Labute approximate surface area is 151 Å². The van der Waals surface area contributed by atoms with Gasteiger partial charge in [0.05, 0.1) is 11.6 Å². The highest BCUT2D eigenvalue weighted by atomic mass is 79.9. The number of rotatable bonds is 4. The predicted molar refractivity (Wildman–Crippen MR) is 99.3 cm³/mol. The molecule has 1 heterocycles. The molecule has 2 aromatic carbocycles. The maximum Gasteiger partial charge on any atom is 0.252 e. The fraction of sp³-hybridized carbons (Fsp3) is 0.350. The summed E-state index contributed by atoms with van der Waals surface area (Å²) in [6.45, 7) is 4.29. The third-order valence-electron chi connectivity index (χ3n) is 4.91. The summed E-state index contributed by atoms with van der Waals surface area (Å²) in [5.41, 5.74) is 1.48. The van der Waals surface area contributed by atoms with Crippen molar-refractivity contribution in [3.63, 3.8) is 0 Å². The maximum atomic E-state index is 12.7. The lowest BCUT2D eigenvalue weighted by Gasteiger charge is -2.41. The molecule has 1 aliphatic heterocycles. The van der Waals surface area contributed by atoms with Gasteiger partial charge < -0.3 is 10.1 Å². The molecule has 0 saturated heterocycles. The molecule has 3 rings (SSSR count). The largest absolute Gasteiger partial charge is 0.487 e. The Morgan fingerprint density at radius 1 is 1.17 bits per heavy atom. The van der Waals surface area contributed by atoms with E-state index in [4.69, 9.17) is 4.74 Å².